The third-order valence-electron chi connectivity index (χ3n) is 3.76. The van der Waals surface area contributed by atoms with Gasteiger partial charge in [-0.2, -0.15) is 0 Å². The minimum absolute atomic E-state index is 0.130. The molecule has 1 unspecified atom stereocenters. The second-order valence-corrected chi connectivity index (χ2v) is 6.73. The molecule has 19 heavy (non-hydrogen) atoms. The van der Waals surface area contributed by atoms with Crippen LogP contribution in [0.3, 0.4) is 0 Å². The highest BCUT2D eigenvalue weighted by Crippen LogP contribution is 2.41. The largest absolute Gasteiger partial charge is 0.256 e. The molecule has 0 bridgehead atoms. The molecular weight excluding hydrogens is 254 g/mol. The number of pyridine rings is 1. The molecule has 0 spiro atoms. The van der Waals surface area contributed by atoms with Crippen LogP contribution in [-0.2, 0) is 0 Å². The van der Waals surface area contributed by atoms with Crippen molar-refractivity contribution in [2.24, 2.45) is 5.41 Å². The molecule has 1 heterocycles. The number of nitrogens with zero attached hydrogens (tertiary/aromatic N) is 1. The predicted molar refractivity (Wildman–Crippen MR) is 82.4 cm³/mol. The van der Waals surface area contributed by atoms with Gasteiger partial charge in [0.15, 0.2) is 0 Å². The van der Waals surface area contributed by atoms with Crippen LogP contribution in [-0.4, -0.2) is 10.4 Å². The summed E-state index contributed by atoms with van der Waals surface area (Å²) in [6.45, 7) is 4.56. The monoisotopic (exact) mass is 271 g/mol. The summed E-state index contributed by atoms with van der Waals surface area (Å²) in [6.07, 6.45) is 6.27. The Labute approximate surface area is 119 Å². The maximum atomic E-state index is 6.37. The van der Waals surface area contributed by atoms with Gasteiger partial charge in [0.1, 0.15) is 0 Å². The SMILES string of the molecule is CC1(C)CC(c2cnc3ccccc3c2)=CC(Cl)C1. The predicted octanol–water partition coefficient (Wildman–Crippen LogP) is 5.05. The van der Waals surface area contributed by atoms with Crippen molar-refractivity contribution < 1.29 is 0 Å². The van der Waals surface area contributed by atoms with Crippen LogP contribution < -0.4 is 0 Å². The summed E-state index contributed by atoms with van der Waals surface area (Å²) in [5.74, 6) is 0. The summed E-state index contributed by atoms with van der Waals surface area (Å²) in [5.41, 5.74) is 3.85. The topological polar surface area (TPSA) is 12.9 Å². The van der Waals surface area contributed by atoms with E-state index in [1.807, 2.05) is 18.3 Å². The zero-order valence-electron chi connectivity index (χ0n) is 11.4. The highest BCUT2D eigenvalue weighted by Gasteiger charge is 2.28. The van der Waals surface area contributed by atoms with Gasteiger partial charge in [-0.15, -0.1) is 11.6 Å². The Bertz CT molecular complexity index is 643. The van der Waals surface area contributed by atoms with E-state index < -0.39 is 0 Å². The average Bonchev–Trinajstić information content (AvgIpc) is 2.36. The molecule has 0 fully saturated rings. The third kappa shape index (κ3) is 2.66. The number of halogens is 1. The molecule has 1 aliphatic carbocycles. The van der Waals surface area contributed by atoms with Gasteiger partial charge in [0.2, 0.25) is 0 Å². The van der Waals surface area contributed by atoms with E-state index in [0.29, 0.717) is 0 Å². The van der Waals surface area contributed by atoms with E-state index in [4.69, 9.17) is 11.6 Å². The van der Waals surface area contributed by atoms with E-state index in [-0.39, 0.29) is 10.8 Å². The number of alkyl halides is 1. The third-order valence-corrected chi connectivity index (χ3v) is 4.04. The Hall–Kier alpha value is -1.34. The fourth-order valence-electron chi connectivity index (χ4n) is 2.90. The van der Waals surface area contributed by atoms with Crippen LogP contribution in [0.15, 0.2) is 42.6 Å². The first-order valence-electron chi connectivity index (χ1n) is 6.73. The lowest BCUT2D eigenvalue weighted by Crippen LogP contribution is -2.21. The lowest BCUT2D eigenvalue weighted by Gasteiger charge is -2.32. The van der Waals surface area contributed by atoms with Crippen LogP contribution in [0.4, 0.5) is 0 Å². The Morgan fingerprint density at radius 3 is 2.84 bits per heavy atom. The fraction of sp³-hybridized carbons (Fsp3) is 0.353. The van der Waals surface area contributed by atoms with Crippen LogP contribution >= 0.6 is 11.6 Å². The van der Waals surface area contributed by atoms with Crippen molar-refractivity contribution in [3.8, 4) is 0 Å². The molecule has 1 nitrogen and oxygen atoms in total. The molecule has 3 rings (SSSR count). The lowest BCUT2D eigenvalue weighted by atomic mass is 9.75. The number of rotatable bonds is 1. The van der Waals surface area contributed by atoms with Gasteiger partial charge in [-0.05, 0) is 41.5 Å². The van der Waals surface area contributed by atoms with Crippen LogP contribution in [0.25, 0.3) is 16.5 Å². The molecular formula is C17H18ClN. The first-order chi connectivity index (χ1) is 9.03. The summed E-state index contributed by atoms with van der Waals surface area (Å²) in [7, 11) is 0. The van der Waals surface area contributed by atoms with Crippen LogP contribution in [0.2, 0.25) is 0 Å². The maximum Gasteiger partial charge on any atom is 0.0702 e. The van der Waals surface area contributed by atoms with E-state index >= 15 is 0 Å². The lowest BCUT2D eigenvalue weighted by molar-refractivity contribution is 0.340. The van der Waals surface area contributed by atoms with E-state index in [1.54, 1.807) is 0 Å². The Morgan fingerprint density at radius 2 is 2.05 bits per heavy atom. The van der Waals surface area contributed by atoms with Crippen molar-refractivity contribution in [1.82, 2.24) is 4.98 Å². The quantitative estimate of drug-likeness (QED) is 0.662. The summed E-state index contributed by atoms with van der Waals surface area (Å²) < 4.78 is 0. The smallest absolute Gasteiger partial charge is 0.0702 e. The molecule has 98 valence electrons. The van der Waals surface area contributed by atoms with Crippen molar-refractivity contribution in [2.75, 3.05) is 0 Å². The number of hydrogen-bond acceptors (Lipinski definition) is 1. The number of fused-ring (bicyclic) bond motifs is 1. The minimum Gasteiger partial charge on any atom is -0.256 e. The molecule has 1 aromatic heterocycles. The molecule has 2 aromatic rings. The van der Waals surface area contributed by atoms with Crippen molar-refractivity contribution in [1.29, 1.82) is 0 Å². The normalized spacial score (nSPS) is 22.3. The van der Waals surface area contributed by atoms with Gasteiger partial charge < -0.3 is 0 Å². The van der Waals surface area contributed by atoms with Gasteiger partial charge in [0.05, 0.1) is 10.9 Å². The van der Waals surface area contributed by atoms with Gasteiger partial charge in [0, 0.05) is 11.6 Å². The van der Waals surface area contributed by atoms with Crippen LogP contribution in [0.1, 0.15) is 32.3 Å². The molecule has 0 N–H and O–H groups in total. The van der Waals surface area contributed by atoms with Gasteiger partial charge in [-0.1, -0.05) is 38.1 Å². The van der Waals surface area contributed by atoms with Gasteiger partial charge in [-0.3, -0.25) is 4.98 Å². The number of benzene rings is 1. The second kappa shape index (κ2) is 4.64. The maximum absolute atomic E-state index is 6.37. The fourth-order valence-corrected chi connectivity index (χ4v) is 3.47. The molecule has 0 radical (unpaired) electrons. The van der Waals surface area contributed by atoms with Gasteiger partial charge in [0.25, 0.3) is 0 Å². The van der Waals surface area contributed by atoms with Crippen molar-refractivity contribution >= 4 is 28.1 Å². The Balaban J connectivity index is 2.04. The highest BCUT2D eigenvalue weighted by atomic mass is 35.5. The zero-order chi connectivity index (χ0) is 13.5. The molecule has 0 saturated heterocycles. The Morgan fingerprint density at radius 1 is 1.26 bits per heavy atom. The average molecular weight is 272 g/mol. The van der Waals surface area contributed by atoms with Crippen LogP contribution in [0.5, 0.6) is 0 Å². The number of aromatic nitrogens is 1. The van der Waals surface area contributed by atoms with E-state index in [2.05, 4.69) is 43.1 Å². The van der Waals surface area contributed by atoms with Gasteiger partial charge >= 0.3 is 0 Å². The van der Waals surface area contributed by atoms with Crippen molar-refractivity contribution in [3.05, 3.63) is 48.2 Å². The second-order valence-electron chi connectivity index (χ2n) is 6.17. The van der Waals surface area contributed by atoms with Crippen molar-refractivity contribution in [3.63, 3.8) is 0 Å². The molecule has 1 aromatic carbocycles. The van der Waals surface area contributed by atoms with E-state index in [9.17, 15) is 0 Å². The first-order valence-corrected chi connectivity index (χ1v) is 7.17. The van der Waals surface area contributed by atoms with E-state index in [1.165, 1.54) is 16.5 Å². The molecule has 0 amide bonds. The summed E-state index contributed by atoms with van der Waals surface area (Å²) in [6, 6.07) is 10.4. The molecule has 1 atom stereocenters. The first kappa shape index (κ1) is 12.7. The number of hydrogen-bond donors (Lipinski definition) is 0. The standard InChI is InChI=1S/C17H18ClN/c1-17(2)9-13(8-15(18)10-17)14-7-12-5-3-4-6-16(12)19-11-14/h3-8,11,15H,9-10H2,1-2H3. The van der Waals surface area contributed by atoms with Crippen LogP contribution in [0, 0.1) is 5.41 Å². The van der Waals surface area contributed by atoms with Crippen molar-refractivity contribution in [2.45, 2.75) is 32.1 Å². The summed E-state index contributed by atoms with van der Waals surface area (Å²) in [4.78, 5) is 4.55. The molecule has 0 saturated carbocycles. The van der Waals surface area contributed by atoms with E-state index in [0.717, 1.165) is 18.4 Å². The molecule has 0 aliphatic heterocycles. The number of allylic oxidation sites excluding steroid dienone is 2. The number of para-hydroxylation sites is 1. The van der Waals surface area contributed by atoms with Gasteiger partial charge in [-0.25, -0.2) is 0 Å². The molecule has 1 aliphatic rings. The summed E-state index contributed by atoms with van der Waals surface area (Å²) >= 11 is 6.37. The molecule has 2 heteroatoms. The summed E-state index contributed by atoms with van der Waals surface area (Å²) in [5, 5.41) is 1.32. The highest BCUT2D eigenvalue weighted by molar-refractivity contribution is 6.22. The Kier molecular flexibility index (Phi) is 3.10. The minimum atomic E-state index is 0.130. The zero-order valence-corrected chi connectivity index (χ0v) is 12.1.